The summed E-state index contributed by atoms with van der Waals surface area (Å²) < 4.78 is 15.4. The van der Waals surface area contributed by atoms with Crippen LogP contribution in [0.5, 0.6) is 0 Å². The lowest BCUT2D eigenvalue weighted by Gasteiger charge is -2.16. The van der Waals surface area contributed by atoms with Gasteiger partial charge in [-0.05, 0) is 32.1 Å². The van der Waals surface area contributed by atoms with Crippen LogP contribution >= 0.6 is 11.6 Å². The molecule has 0 spiro atoms. The molecule has 1 aliphatic rings. The van der Waals surface area contributed by atoms with Crippen molar-refractivity contribution < 1.29 is 4.39 Å². The number of alkyl halides is 1. The predicted octanol–water partition coefficient (Wildman–Crippen LogP) is 2.79. The van der Waals surface area contributed by atoms with E-state index in [2.05, 4.69) is 21.5 Å². The molecule has 1 aromatic carbocycles. The standard InChI is InChI=1S/C13H15ClFN3/c1-17-5-4-10(8-17)18-12-3-2-9(15)6-11(12)16-13(18)7-14/h2-3,6,10H,4-5,7-8H2,1H3. The highest BCUT2D eigenvalue weighted by atomic mass is 35.5. The molecule has 18 heavy (non-hydrogen) atoms. The summed E-state index contributed by atoms with van der Waals surface area (Å²) in [5.74, 6) is 0.936. The first-order valence-corrected chi connectivity index (χ1v) is 6.63. The number of nitrogens with zero attached hydrogens (tertiary/aromatic N) is 3. The summed E-state index contributed by atoms with van der Waals surface area (Å²) in [6.07, 6.45) is 1.09. The molecule has 0 amide bonds. The Labute approximate surface area is 110 Å². The molecule has 1 saturated heterocycles. The van der Waals surface area contributed by atoms with E-state index >= 15 is 0 Å². The van der Waals surface area contributed by atoms with Crippen LogP contribution in [0.25, 0.3) is 11.0 Å². The number of aromatic nitrogens is 2. The number of imidazole rings is 1. The Morgan fingerprint density at radius 2 is 2.33 bits per heavy atom. The second kappa shape index (κ2) is 4.52. The van der Waals surface area contributed by atoms with Crippen molar-refractivity contribution in [2.45, 2.75) is 18.3 Å². The second-order valence-electron chi connectivity index (χ2n) is 4.87. The molecule has 2 heterocycles. The van der Waals surface area contributed by atoms with Gasteiger partial charge in [0.2, 0.25) is 0 Å². The summed E-state index contributed by atoms with van der Waals surface area (Å²) in [6, 6.07) is 5.14. The molecule has 0 saturated carbocycles. The van der Waals surface area contributed by atoms with Crippen molar-refractivity contribution in [1.29, 1.82) is 0 Å². The van der Waals surface area contributed by atoms with E-state index in [1.807, 2.05) is 0 Å². The van der Waals surface area contributed by atoms with Gasteiger partial charge in [-0.2, -0.15) is 0 Å². The number of benzene rings is 1. The highest BCUT2D eigenvalue weighted by Crippen LogP contribution is 2.28. The van der Waals surface area contributed by atoms with Crippen LogP contribution in [0, 0.1) is 5.82 Å². The Bertz CT molecular complexity index is 581. The average molecular weight is 268 g/mol. The Balaban J connectivity index is 2.13. The fraction of sp³-hybridized carbons (Fsp3) is 0.462. The first-order chi connectivity index (χ1) is 8.69. The minimum absolute atomic E-state index is 0.253. The first-order valence-electron chi connectivity index (χ1n) is 6.10. The van der Waals surface area contributed by atoms with Gasteiger partial charge in [0.15, 0.2) is 0 Å². The third-order valence-corrected chi connectivity index (χ3v) is 3.81. The van der Waals surface area contributed by atoms with Gasteiger partial charge in [0.25, 0.3) is 0 Å². The van der Waals surface area contributed by atoms with Gasteiger partial charge >= 0.3 is 0 Å². The van der Waals surface area contributed by atoms with Gasteiger partial charge in [0.05, 0.1) is 16.9 Å². The van der Waals surface area contributed by atoms with E-state index in [9.17, 15) is 4.39 Å². The number of halogens is 2. The topological polar surface area (TPSA) is 21.1 Å². The van der Waals surface area contributed by atoms with Crippen LogP contribution < -0.4 is 0 Å². The molecule has 2 aromatic rings. The predicted molar refractivity (Wildman–Crippen MR) is 70.4 cm³/mol. The fourth-order valence-corrected chi connectivity index (χ4v) is 2.93. The molecule has 1 aromatic heterocycles. The maximum atomic E-state index is 13.2. The lowest BCUT2D eigenvalue weighted by Crippen LogP contribution is -2.17. The Morgan fingerprint density at radius 3 is 3.00 bits per heavy atom. The minimum atomic E-state index is -0.253. The quantitative estimate of drug-likeness (QED) is 0.780. The molecule has 0 bridgehead atoms. The molecule has 1 atom stereocenters. The fourth-order valence-electron chi connectivity index (χ4n) is 2.75. The average Bonchev–Trinajstić information content (AvgIpc) is 2.91. The van der Waals surface area contributed by atoms with Crippen molar-refractivity contribution in [1.82, 2.24) is 14.5 Å². The molecule has 0 N–H and O–H groups in total. The van der Waals surface area contributed by atoms with E-state index in [1.54, 1.807) is 6.07 Å². The Hall–Kier alpha value is -1.13. The van der Waals surface area contributed by atoms with Crippen molar-refractivity contribution in [2.75, 3.05) is 20.1 Å². The largest absolute Gasteiger partial charge is 0.322 e. The van der Waals surface area contributed by atoms with Gasteiger partial charge in [-0.1, -0.05) is 0 Å². The highest BCUT2D eigenvalue weighted by molar-refractivity contribution is 6.16. The van der Waals surface area contributed by atoms with E-state index in [-0.39, 0.29) is 5.82 Å². The van der Waals surface area contributed by atoms with E-state index in [1.165, 1.54) is 12.1 Å². The lowest BCUT2D eigenvalue weighted by molar-refractivity contribution is 0.393. The molecule has 0 radical (unpaired) electrons. The maximum absolute atomic E-state index is 13.2. The van der Waals surface area contributed by atoms with E-state index in [4.69, 9.17) is 11.6 Å². The Morgan fingerprint density at radius 1 is 1.50 bits per heavy atom. The zero-order chi connectivity index (χ0) is 12.7. The minimum Gasteiger partial charge on any atom is -0.322 e. The lowest BCUT2D eigenvalue weighted by atomic mass is 10.2. The monoisotopic (exact) mass is 267 g/mol. The summed E-state index contributed by atoms with van der Waals surface area (Å²) in [5.41, 5.74) is 1.67. The van der Waals surface area contributed by atoms with E-state index in [0.717, 1.165) is 30.9 Å². The maximum Gasteiger partial charge on any atom is 0.125 e. The summed E-state index contributed by atoms with van der Waals surface area (Å²) in [6.45, 7) is 2.07. The SMILES string of the molecule is CN1CCC(n2c(CCl)nc3cc(F)ccc32)C1. The van der Waals surface area contributed by atoms with Gasteiger partial charge in [0, 0.05) is 18.7 Å². The smallest absolute Gasteiger partial charge is 0.125 e. The molecule has 1 fully saturated rings. The molecule has 1 aliphatic heterocycles. The summed E-state index contributed by atoms with van der Waals surface area (Å²) in [4.78, 5) is 6.72. The molecule has 0 aliphatic carbocycles. The third kappa shape index (κ3) is 1.89. The molecular formula is C13H15ClFN3. The number of hydrogen-bond acceptors (Lipinski definition) is 2. The highest BCUT2D eigenvalue weighted by Gasteiger charge is 2.25. The summed E-state index contributed by atoms with van der Waals surface area (Å²) in [5, 5.41) is 0. The van der Waals surface area contributed by atoms with Crippen molar-refractivity contribution in [3.63, 3.8) is 0 Å². The van der Waals surface area contributed by atoms with Gasteiger partial charge in [-0.3, -0.25) is 0 Å². The van der Waals surface area contributed by atoms with Gasteiger partial charge in [-0.25, -0.2) is 9.37 Å². The first kappa shape index (κ1) is 11.9. The molecule has 1 unspecified atom stereocenters. The van der Waals surface area contributed by atoms with Crippen molar-refractivity contribution in [3.05, 3.63) is 29.8 Å². The van der Waals surface area contributed by atoms with Crippen LogP contribution in [0.4, 0.5) is 4.39 Å². The number of rotatable bonds is 2. The van der Waals surface area contributed by atoms with Crippen LogP contribution in [0.1, 0.15) is 18.3 Å². The molecular weight excluding hydrogens is 253 g/mol. The van der Waals surface area contributed by atoms with Crippen molar-refractivity contribution in [3.8, 4) is 0 Å². The van der Waals surface area contributed by atoms with Crippen LogP contribution in [-0.2, 0) is 5.88 Å². The number of likely N-dealkylation sites (N-methyl/N-ethyl adjacent to an activating group) is 1. The third-order valence-electron chi connectivity index (χ3n) is 3.58. The van der Waals surface area contributed by atoms with E-state index < -0.39 is 0 Å². The number of hydrogen-bond donors (Lipinski definition) is 0. The molecule has 3 nitrogen and oxygen atoms in total. The second-order valence-corrected chi connectivity index (χ2v) is 5.14. The summed E-state index contributed by atoms with van der Waals surface area (Å²) in [7, 11) is 2.11. The van der Waals surface area contributed by atoms with Gasteiger partial charge in [-0.15, -0.1) is 11.6 Å². The summed E-state index contributed by atoms with van der Waals surface area (Å²) >= 11 is 5.97. The van der Waals surface area contributed by atoms with Gasteiger partial charge < -0.3 is 9.47 Å². The van der Waals surface area contributed by atoms with Crippen molar-refractivity contribution in [2.24, 2.45) is 0 Å². The molecule has 3 rings (SSSR count). The zero-order valence-electron chi connectivity index (χ0n) is 10.2. The number of fused-ring (bicyclic) bond motifs is 1. The normalized spacial score (nSPS) is 20.9. The van der Waals surface area contributed by atoms with Crippen LogP contribution in [0.15, 0.2) is 18.2 Å². The van der Waals surface area contributed by atoms with Crippen molar-refractivity contribution >= 4 is 22.6 Å². The van der Waals surface area contributed by atoms with E-state index in [0.29, 0.717) is 17.4 Å². The zero-order valence-corrected chi connectivity index (χ0v) is 11.0. The number of likely N-dealkylation sites (tertiary alicyclic amines) is 1. The Kier molecular flexibility index (Phi) is 2.99. The van der Waals surface area contributed by atoms with Crippen LogP contribution in [0.2, 0.25) is 0 Å². The van der Waals surface area contributed by atoms with Crippen LogP contribution in [0.3, 0.4) is 0 Å². The molecule has 96 valence electrons. The molecule has 5 heteroatoms. The van der Waals surface area contributed by atoms with Crippen LogP contribution in [-0.4, -0.2) is 34.6 Å². The van der Waals surface area contributed by atoms with Gasteiger partial charge in [0.1, 0.15) is 11.6 Å².